The van der Waals surface area contributed by atoms with Crippen molar-refractivity contribution in [2.75, 3.05) is 24.7 Å². The molecule has 8 heteroatoms. The minimum Gasteiger partial charge on any atom is -0.451 e. The fourth-order valence-electron chi connectivity index (χ4n) is 3.15. The average Bonchev–Trinajstić information content (AvgIpc) is 2.66. The Balaban J connectivity index is 1.60. The van der Waals surface area contributed by atoms with Gasteiger partial charge in [0.1, 0.15) is 5.71 Å². The second-order valence-electron chi connectivity index (χ2n) is 6.72. The molecule has 3 rings (SSSR count). The Bertz CT molecular complexity index is 739. The molecule has 2 atom stereocenters. The zero-order valence-electron chi connectivity index (χ0n) is 15.5. The van der Waals surface area contributed by atoms with E-state index in [0.29, 0.717) is 18.8 Å². The van der Waals surface area contributed by atoms with Gasteiger partial charge in [0, 0.05) is 25.9 Å². The molecule has 0 bridgehead atoms. The van der Waals surface area contributed by atoms with Gasteiger partial charge in [0.05, 0.1) is 17.9 Å². The lowest BCUT2D eigenvalue weighted by Crippen LogP contribution is -2.49. The number of rotatable bonds is 4. The normalized spacial score (nSPS) is 23.0. The lowest BCUT2D eigenvalue weighted by molar-refractivity contribution is -0.153. The third-order valence-corrected chi connectivity index (χ3v) is 4.37. The summed E-state index contributed by atoms with van der Waals surface area (Å²) in [5, 5.41) is 5.33. The van der Waals surface area contributed by atoms with E-state index in [2.05, 4.69) is 5.10 Å². The summed E-state index contributed by atoms with van der Waals surface area (Å²) >= 11 is 0. The van der Waals surface area contributed by atoms with Crippen LogP contribution in [0.25, 0.3) is 0 Å². The number of hydrogen-bond acceptors (Lipinski definition) is 6. The molecule has 2 heterocycles. The van der Waals surface area contributed by atoms with E-state index in [1.54, 1.807) is 29.2 Å². The highest BCUT2D eigenvalue weighted by molar-refractivity contribution is 6.38. The maximum atomic E-state index is 12.3. The van der Waals surface area contributed by atoms with Gasteiger partial charge in [-0.05, 0) is 26.0 Å². The number of morpholine rings is 1. The molecule has 2 amide bonds. The van der Waals surface area contributed by atoms with E-state index < -0.39 is 5.97 Å². The van der Waals surface area contributed by atoms with Crippen LogP contribution in [0.2, 0.25) is 0 Å². The van der Waals surface area contributed by atoms with Crippen LogP contribution < -0.4 is 5.01 Å². The molecule has 0 spiro atoms. The van der Waals surface area contributed by atoms with Gasteiger partial charge >= 0.3 is 5.97 Å². The van der Waals surface area contributed by atoms with Crippen molar-refractivity contribution >= 4 is 29.2 Å². The van der Waals surface area contributed by atoms with Crippen molar-refractivity contribution in [3.05, 3.63) is 30.3 Å². The van der Waals surface area contributed by atoms with E-state index in [0.717, 1.165) is 0 Å². The fraction of sp³-hybridized carbons (Fsp3) is 0.474. The van der Waals surface area contributed by atoms with Gasteiger partial charge in [-0.2, -0.15) is 5.10 Å². The summed E-state index contributed by atoms with van der Waals surface area (Å²) in [6.45, 7) is 4.38. The van der Waals surface area contributed by atoms with Gasteiger partial charge in [-0.1, -0.05) is 18.2 Å². The van der Waals surface area contributed by atoms with Crippen molar-refractivity contribution in [3.8, 4) is 0 Å². The topological polar surface area (TPSA) is 88.5 Å². The molecule has 8 nitrogen and oxygen atoms in total. The molecule has 1 saturated heterocycles. The molecule has 0 N–H and O–H groups in total. The molecule has 2 aliphatic heterocycles. The van der Waals surface area contributed by atoms with Crippen molar-refractivity contribution in [2.45, 2.75) is 38.9 Å². The first-order chi connectivity index (χ1) is 12.9. The van der Waals surface area contributed by atoms with Crippen molar-refractivity contribution in [1.82, 2.24) is 4.90 Å². The smallest absolute Gasteiger partial charge is 0.355 e. The summed E-state index contributed by atoms with van der Waals surface area (Å²) in [6.07, 6.45) is 0.249. The number of ether oxygens (including phenoxy) is 2. The number of amides is 2. The Labute approximate surface area is 157 Å². The van der Waals surface area contributed by atoms with Crippen LogP contribution in [0.1, 0.15) is 26.7 Å². The number of hydrazone groups is 1. The minimum atomic E-state index is -0.675. The lowest BCUT2D eigenvalue weighted by Gasteiger charge is -2.35. The number of nitrogens with zero attached hydrogens (tertiary/aromatic N) is 3. The van der Waals surface area contributed by atoms with Gasteiger partial charge in [0.25, 0.3) is 5.91 Å². The molecule has 2 aliphatic rings. The zero-order valence-corrected chi connectivity index (χ0v) is 15.5. The first-order valence-electron chi connectivity index (χ1n) is 9.00. The molecule has 0 saturated carbocycles. The number of benzene rings is 1. The Morgan fingerprint density at radius 2 is 1.81 bits per heavy atom. The SMILES string of the molecule is CC1CN(C(=O)COC(=O)C2=NN(c3ccccc3)C(=O)CC2)CC(C)O1. The van der Waals surface area contributed by atoms with Crippen LogP contribution in [0.3, 0.4) is 0 Å². The second kappa shape index (κ2) is 8.30. The Kier molecular flexibility index (Phi) is 5.85. The van der Waals surface area contributed by atoms with E-state index in [4.69, 9.17) is 9.47 Å². The Morgan fingerprint density at radius 3 is 2.48 bits per heavy atom. The molecular formula is C19H23N3O5. The van der Waals surface area contributed by atoms with Crippen LogP contribution in [0, 0.1) is 0 Å². The van der Waals surface area contributed by atoms with Gasteiger partial charge in [0.15, 0.2) is 6.61 Å². The van der Waals surface area contributed by atoms with E-state index in [9.17, 15) is 14.4 Å². The number of esters is 1. The molecule has 1 aromatic rings. The third kappa shape index (κ3) is 4.71. The number of hydrogen-bond donors (Lipinski definition) is 0. The first-order valence-corrected chi connectivity index (χ1v) is 9.00. The van der Waals surface area contributed by atoms with Crippen molar-refractivity contribution in [1.29, 1.82) is 0 Å². The highest BCUT2D eigenvalue weighted by Crippen LogP contribution is 2.20. The van der Waals surface area contributed by atoms with E-state index in [1.165, 1.54) is 5.01 Å². The predicted octanol–water partition coefficient (Wildman–Crippen LogP) is 1.35. The molecule has 2 unspecified atom stereocenters. The number of anilines is 1. The standard InChI is InChI=1S/C19H23N3O5/c1-13-10-21(11-14(2)27-13)18(24)12-26-19(25)16-8-9-17(23)22(20-16)15-6-4-3-5-7-15/h3-7,13-14H,8-12H2,1-2H3. The number of carbonyl (C=O) groups excluding carboxylic acids is 3. The molecule has 0 radical (unpaired) electrons. The molecular weight excluding hydrogens is 350 g/mol. The highest BCUT2D eigenvalue weighted by atomic mass is 16.5. The summed E-state index contributed by atoms with van der Waals surface area (Å²) < 4.78 is 10.7. The highest BCUT2D eigenvalue weighted by Gasteiger charge is 2.29. The fourth-order valence-corrected chi connectivity index (χ4v) is 3.15. The summed E-state index contributed by atoms with van der Waals surface area (Å²) in [4.78, 5) is 38.3. The quantitative estimate of drug-likeness (QED) is 0.744. The van der Waals surface area contributed by atoms with Crippen LogP contribution in [0.4, 0.5) is 5.69 Å². The van der Waals surface area contributed by atoms with Gasteiger partial charge in [-0.15, -0.1) is 0 Å². The van der Waals surface area contributed by atoms with Crippen molar-refractivity contribution < 1.29 is 23.9 Å². The maximum Gasteiger partial charge on any atom is 0.355 e. The number of para-hydroxylation sites is 1. The zero-order chi connectivity index (χ0) is 19.4. The van der Waals surface area contributed by atoms with Crippen LogP contribution in [-0.2, 0) is 23.9 Å². The predicted molar refractivity (Wildman–Crippen MR) is 98.1 cm³/mol. The molecule has 0 aliphatic carbocycles. The van der Waals surface area contributed by atoms with Gasteiger partial charge < -0.3 is 14.4 Å². The summed E-state index contributed by atoms with van der Waals surface area (Å²) in [5.74, 6) is -1.13. The Hall–Kier alpha value is -2.74. The van der Waals surface area contributed by atoms with Crippen LogP contribution in [-0.4, -0.2) is 60.3 Å². The van der Waals surface area contributed by atoms with Gasteiger partial charge in [-0.25, -0.2) is 9.80 Å². The lowest BCUT2D eigenvalue weighted by atomic mass is 10.1. The van der Waals surface area contributed by atoms with Gasteiger partial charge in [-0.3, -0.25) is 9.59 Å². The van der Waals surface area contributed by atoms with Crippen LogP contribution >= 0.6 is 0 Å². The largest absolute Gasteiger partial charge is 0.451 e. The van der Waals surface area contributed by atoms with E-state index in [1.807, 2.05) is 19.9 Å². The first kappa shape index (κ1) is 19.0. The van der Waals surface area contributed by atoms with Crippen LogP contribution in [0.5, 0.6) is 0 Å². The number of carbonyl (C=O) groups is 3. The average molecular weight is 373 g/mol. The van der Waals surface area contributed by atoms with Gasteiger partial charge in [0.2, 0.25) is 5.91 Å². The summed E-state index contributed by atoms with van der Waals surface area (Å²) in [6, 6.07) is 8.87. The molecule has 27 heavy (non-hydrogen) atoms. The van der Waals surface area contributed by atoms with Crippen molar-refractivity contribution in [2.24, 2.45) is 5.10 Å². The summed E-state index contributed by atoms with van der Waals surface area (Å²) in [5.41, 5.74) is 0.717. The van der Waals surface area contributed by atoms with Crippen LogP contribution in [0.15, 0.2) is 35.4 Å². The van der Waals surface area contributed by atoms with E-state index in [-0.39, 0.29) is 49.2 Å². The molecule has 1 fully saturated rings. The third-order valence-electron chi connectivity index (χ3n) is 4.37. The minimum absolute atomic E-state index is 0.0541. The molecule has 0 aromatic heterocycles. The van der Waals surface area contributed by atoms with E-state index >= 15 is 0 Å². The Morgan fingerprint density at radius 1 is 1.15 bits per heavy atom. The maximum absolute atomic E-state index is 12.3. The molecule has 1 aromatic carbocycles. The molecule has 144 valence electrons. The summed E-state index contributed by atoms with van der Waals surface area (Å²) in [7, 11) is 0. The van der Waals surface area contributed by atoms with Crippen molar-refractivity contribution in [3.63, 3.8) is 0 Å². The second-order valence-corrected chi connectivity index (χ2v) is 6.72. The monoisotopic (exact) mass is 373 g/mol.